The first-order valence-corrected chi connectivity index (χ1v) is 9.40. The highest BCUT2D eigenvalue weighted by atomic mass is 16.7. The van der Waals surface area contributed by atoms with Crippen LogP contribution < -0.4 is 10.2 Å². The van der Waals surface area contributed by atoms with E-state index in [1.807, 2.05) is 0 Å². The first-order valence-electron chi connectivity index (χ1n) is 9.40. The van der Waals surface area contributed by atoms with Gasteiger partial charge in [-0.1, -0.05) is 0 Å². The van der Waals surface area contributed by atoms with E-state index in [0.717, 1.165) is 24.3 Å². The van der Waals surface area contributed by atoms with Gasteiger partial charge in [-0.25, -0.2) is 0 Å². The number of fused-ring (bicyclic) bond motifs is 1. The SMILES string of the molecule is O=c1c(O[C@@H]2OC(CO)C(O)=C(O)C2O)c(-c2ccc(O)c(O)c2)oc2cc(O)cc(O)c12. The van der Waals surface area contributed by atoms with Gasteiger partial charge in [0.2, 0.25) is 17.5 Å². The fourth-order valence-corrected chi connectivity index (χ4v) is 3.31. The summed E-state index contributed by atoms with van der Waals surface area (Å²) >= 11 is 0. The number of hydrogen-bond acceptors (Lipinski definition) is 12. The summed E-state index contributed by atoms with van der Waals surface area (Å²) in [7, 11) is 0. The van der Waals surface area contributed by atoms with Gasteiger partial charge >= 0.3 is 0 Å². The molecule has 1 aliphatic heterocycles. The monoisotopic (exact) mass is 462 g/mol. The van der Waals surface area contributed by atoms with Gasteiger partial charge in [0, 0.05) is 17.7 Å². The topological polar surface area (TPSA) is 211 Å². The van der Waals surface area contributed by atoms with Gasteiger partial charge in [-0.15, -0.1) is 0 Å². The Bertz CT molecular complexity index is 1330. The molecular formula is C21H18O12. The van der Waals surface area contributed by atoms with E-state index in [-0.39, 0.29) is 16.9 Å². The maximum atomic E-state index is 13.2. The molecule has 2 unspecified atom stereocenters. The van der Waals surface area contributed by atoms with Gasteiger partial charge in [-0.2, -0.15) is 0 Å². The molecule has 12 heteroatoms. The second-order valence-electron chi connectivity index (χ2n) is 7.14. The molecule has 0 radical (unpaired) electrons. The summed E-state index contributed by atoms with van der Waals surface area (Å²) in [5.74, 6) is -4.90. The lowest BCUT2D eigenvalue weighted by atomic mass is 10.1. The van der Waals surface area contributed by atoms with Crippen molar-refractivity contribution in [1.82, 2.24) is 0 Å². The Balaban J connectivity index is 1.93. The number of hydrogen-bond donors (Lipinski definition) is 8. The predicted molar refractivity (Wildman–Crippen MR) is 109 cm³/mol. The van der Waals surface area contributed by atoms with Crippen LogP contribution in [-0.2, 0) is 4.74 Å². The van der Waals surface area contributed by atoms with E-state index in [1.54, 1.807) is 0 Å². The van der Waals surface area contributed by atoms with E-state index in [9.17, 15) is 45.6 Å². The number of rotatable bonds is 4. The summed E-state index contributed by atoms with van der Waals surface area (Å²) in [6.07, 6.45) is -5.27. The van der Waals surface area contributed by atoms with E-state index < -0.39 is 76.2 Å². The highest BCUT2D eigenvalue weighted by Gasteiger charge is 2.40. The Labute approximate surface area is 183 Å². The van der Waals surface area contributed by atoms with Crippen molar-refractivity contribution in [3.05, 3.63) is 52.1 Å². The van der Waals surface area contributed by atoms with Crippen molar-refractivity contribution in [2.24, 2.45) is 0 Å². The minimum atomic E-state index is -1.97. The molecule has 2 aromatic carbocycles. The van der Waals surface area contributed by atoms with Gasteiger partial charge in [0.1, 0.15) is 28.6 Å². The van der Waals surface area contributed by atoms with Crippen LogP contribution in [0, 0.1) is 0 Å². The van der Waals surface area contributed by atoms with Gasteiger partial charge < -0.3 is 54.7 Å². The number of phenols is 4. The number of benzene rings is 2. The third kappa shape index (κ3) is 3.71. The van der Waals surface area contributed by atoms with Crippen LogP contribution in [0.15, 0.2) is 51.1 Å². The van der Waals surface area contributed by atoms with Crippen LogP contribution >= 0.6 is 0 Å². The highest BCUT2D eigenvalue weighted by molar-refractivity contribution is 5.88. The summed E-state index contributed by atoms with van der Waals surface area (Å²) in [5.41, 5.74) is -1.23. The molecule has 1 aromatic heterocycles. The van der Waals surface area contributed by atoms with E-state index in [1.165, 1.54) is 6.07 Å². The lowest BCUT2D eigenvalue weighted by Crippen LogP contribution is -2.46. The fourth-order valence-electron chi connectivity index (χ4n) is 3.31. The largest absolute Gasteiger partial charge is 0.508 e. The molecule has 0 amide bonds. The fraction of sp³-hybridized carbons (Fsp3) is 0.190. The van der Waals surface area contributed by atoms with Crippen molar-refractivity contribution >= 4 is 11.0 Å². The van der Waals surface area contributed by atoms with E-state index in [0.29, 0.717) is 0 Å². The molecule has 3 atom stereocenters. The normalized spacial score (nSPS) is 20.8. The third-order valence-corrected chi connectivity index (χ3v) is 4.96. The molecule has 2 heterocycles. The molecule has 0 fully saturated rings. The van der Waals surface area contributed by atoms with Crippen molar-refractivity contribution in [1.29, 1.82) is 0 Å². The zero-order chi connectivity index (χ0) is 24.0. The summed E-state index contributed by atoms with van der Waals surface area (Å²) in [5, 5.41) is 78.3. The molecule has 174 valence electrons. The lowest BCUT2D eigenvalue weighted by Gasteiger charge is -2.32. The average Bonchev–Trinajstić information content (AvgIpc) is 2.76. The molecule has 8 N–H and O–H groups in total. The van der Waals surface area contributed by atoms with Gasteiger partial charge in [0.05, 0.1) is 6.61 Å². The Morgan fingerprint density at radius 2 is 1.64 bits per heavy atom. The van der Waals surface area contributed by atoms with Crippen molar-refractivity contribution in [3.8, 4) is 40.1 Å². The standard InChI is InChI=1S/C21H18O12/c22-6-13-15(27)17(29)18(30)21(32-13)33-20-16(28)14-11(26)4-8(23)5-12(14)31-19(20)7-1-2-9(24)10(25)3-7/h1-5,13,18,21-27,29-30H,6H2/t13?,18?,21-/m0/s1. The van der Waals surface area contributed by atoms with Crippen molar-refractivity contribution in [2.45, 2.75) is 18.5 Å². The lowest BCUT2D eigenvalue weighted by molar-refractivity contribution is -0.192. The number of phenolic OH excluding ortho intramolecular Hbond substituents is 4. The van der Waals surface area contributed by atoms with Crippen LogP contribution in [0.2, 0.25) is 0 Å². The number of aromatic hydroxyl groups is 4. The van der Waals surface area contributed by atoms with Gasteiger partial charge in [-0.3, -0.25) is 4.79 Å². The first-order chi connectivity index (χ1) is 15.6. The Morgan fingerprint density at radius 3 is 2.30 bits per heavy atom. The number of aliphatic hydroxyl groups excluding tert-OH is 4. The van der Waals surface area contributed by atoms with Gasteiger partial charge in [0.25, 0.3) is 0 Å². The van der Waals surface area contributed by atoms with Crippen LogP contribution in [0.5, 0.6) is 28.7 Å². The first kappa shape index (κ1) is 22.1. The molecular weight excluding hydrogens is 444 g/mol. The molecule has 0 saturated carbocycles. The maximum Gasteiger partial charge on any atom is 0.239 e. The van der Waals surface area contributed by atoms with Crippen molar-refractivity contribution < 1.29 is 54.7 Å². The van der Waals surface area contributed by atoms with E-state index in [2.05, 4.69) is 0 Å². The predicted octanol–water partition coefficient (Wildman–Crippen LogP) is 1.07. The molecule has 0 bridgehead atoms. The minimum absolute atomic E-state index is 0.00810. The van der Waals surface area contributed by atoms with Gasteiger partial charge in [-0.05, 0) is 18.2 Å². The molecule has 0 spiro atoms. The molecule has 4 rings (SSSR count). The Kier molecular flexibility index (Phi) is 5.41. The third-order valence-electron chi connectivity index (χ3n) is 4.96. The molecule has 12 nitrogen and oxygen atoms in total. The molecule has 0 saturated heterocycles. The van der Waals surface area contributed by atoms with Gasteiger partial charge in [0.15, 0.2) is 34.9 Å². The smallest absolute Gasteiger partial charge is 0.239 e. The van der Waals surface area contributed by atoms with Crippen LogP contribution in [0.4, 0.5) is 0 Å². The van der Waals surface area contributed by atoms with E-state index >= 15 is 0 Å². The Hall–Kier alpha value is -4.13. The van der Waals surface area contributed by atoms with Crippen LogP contribution in [0.25, 0.3) is 22.3 Å². The number of aliphatic hydroxyl groups is 4. The summed E-state index contributed by atoms with van der Waals surface area (Å²) in [6, 6.07) is 5.32. The van der Waals surface area contributed by atoms with Crippen molar-refractivity contribution in [2.75, 3.05) is 6.61 Å². The second kappa shape index (κ2) is 8.09. The van der Waals surface area contributed by atoms with E-state index in [4.69, 9.17) is 13.9 Å². The Morgan fingerprint density at radius 1 is 0.909 bits per heavy atom. The number of ether oxygens (including phenoxy) is 2. The molecule has 3 aromatic rings. The average molecular weight is 462 g/mol. The van der Waals surface area contributed by atoms with Crippen LogP contribution in [0.3, 0.4) is 0 Å². The molecule has 33 heavy (non-hydrogen) atoms. The zero-order valence-corrected chi connectivity index (χ0v) is 16.5. The summed E-state index contributed by atoms with van der Waals surface area (Å²) < 4.78 is 16.4. The molecule has 0 aliphatic carbocycles. The maximum absolute atomic E-state index is 13.2. The van der Waals surface area contributed by atoms with Crippen molar-refractivity contribution in [3.63, 3.8) is 0 Å². The minimum Gasteiger partial charge on any atom is -0.508 e. The summed E-state index contributed by atoms with van der Waals surface area (Å²) in [4.78, 5) is 13.2. The summed E-state index contributed by atoms with van der Waals surface area (Å²) in [6.45, 7) is -0.798. The highest BCUT2D eigenvalue weighted by Crippen LogP contribution is 2.39. The van der Waals surface area contributed by atoms with Crippen LogP contribution in [0.1, 0.15) is 0 Å². The second-order valence-corrected chi connectivity index (χ2v) is 7.14. The quantitative estimate of drug-likeness (QED) is 0.256. The zero-order valence-electron chi connectivity index (χ0n) is 16.5. The van der Waals surface area contributed by atoms with Crippen LogP contribution in [-0.4, -0.2) is 66.0 Å². The molecule has 1 aliphatic rings.